The van der Waals surface area contributed by atoms with Crippen LogP contribution in [0.5, 0.6) is 5.75 Å². The van der Waals surface area contributed by atoms with E-state index in [4.69, 9.17) is 4.74 Å². The van der Waals surface area contributed by atoms with Crippen LogP contribution in [0, 0.1) is 0 Å². The molecule has 126 valence electrons. The summed E-state index contributed by atoms with van der Waals surface area (Å²) in [7, 11) is 1.57. The number of nitrogens with zero attached hydrogens (tertiary/aromatic N) is 1. The molecule has 1 aromatic heterocycles. The highest BCUT2D eigenvalue weighted by Crippen LogP contribution is 2.33. The molecule has 0 atom stereocenters. The van der Waals surface area contributed by atoms with Gasteiger partial charge in [0, 0.05) is 36.0 Å². The molecule has 0 bridgehead atoms. The zero-order valence-corrected chi connectivity index (χ0v) is 14.4. The maximum atomic E-state index is 12.1. The van der Waals surface area contributed by atoms with Crippen LogP contribution < -0.4 is 15.0 Å². The second kappa shape index (κ2) is 7.49. The Morgan fingerprint density at radius 1 is 1.38 bits per heavy atom. The fourth-order valence-electron chi connectivity index (χ4n) is 2.80. The molecule has 6 heteroatoms. The number of thiophene rings is 1. The van der Waals surface area contributed by atoms with Gasteiger partial charge in [-0.1, -0.05) is 6.07 Å². The number of benzene rings is 1. The van der Waals surface area contributed by atoms with Crippen molar-refractivity contribution >= 4 is 34.5 Å². The smallest absolute Gasteiger partial charge is 0.227 e. The summed E-state index contributed by atoms with van der Waals surface area (Å²) in [6.45, 7) is 0.710. The van der Waals surface area contributed by atoms with Crippen molar-refractivity contribution in [2.45, 2.75) is 25.7 Å². The van der Waals surface area contributed by atoms with Gasteiger partial charge in [-0.15, -0.1) is 11.3 Å². The topological polar surface area (TPSA) is 58.6 Å². The van der Waals surface area contributed by atoms with Gasteiger partial charge in [0.05, 0.1) is 12.8 Å². The average Bonchev–Trinajstić information content (AvgIpc) is 3.24. The lowest BCUT2D eigenvalue weighted by atomic mass is 10.2. The standard InChI is InChI=1S/C18H20N2O3S/c1-23-16-12-13(6-8-15(16)20-10-2-5-18(20)22)19-17(21)9-7-14-4-3-11-24-14/h3-4,6,8,11-12H,2,5,7,9-10H2,1H3,(H,19,21). The minimum Gasteiger partial charge on any atom is -0.494 e. The number of hydrogen-bond donors (Lipinski definition) is 1. The van der Waals surface area contributed by atoms with Crippen LogP contribution in [0.2, 0.25) is 0 Å². The molecule has 0 radical (unpaired) electrons. The SMILES string of the molecule is COc1cc(NC(=O)CCc2cccs2)ccc1N1CCCC1=O. The van der Waals surface area contributed by atoms with E-state index in [2.05, 4.69) is 5.32 Å². The molecule has 1 N–H and O–H groups in total. The Labute approximate surface area is 145 Å². The van der Waals surface area contributed by atoms with Gasteiger partial charge in [-0.2, -0.15) is 0 Å². The number of anilines is 2. The van der Waals surface area contributed by atoms with Gasteiger partial charge < -0.3 is 15.0 Å². The molecule has 0 spiro atoms. The molecule has 2 amide bonds. The van der Waals surface area contributed by atoms with Gasteiger partial charge in [-0.05, 0) is 36.4 Å². The molecule has 0 unspecified atom stereocenters. The first kappa shape index (κ1) is 16.5. The average molecular weight is 344 g/mol. The molecule has 1 saturated heterocycles. The van der Waals surface area contributed by atoms with Crippen LogP contribution >= 0.6 is 11.3 Å². The Hall–Kier alpha value is -2.34. The second-order valence-corrected chi connectivity index (χ2v) is 6.70. The molecular formula is C18H20N2O3S. The number of nitrogens with one attached hydrogen (secondary N) is 1. The highest BCUT2D eigenvalue weighted by atomic mass is 32.1. The van der Waals surface area contributed by atoms with Crippen molar-refractivity contribution in [2.24, 2.45) is 0 Å². The normalized spacial score (nSPS) is 14.0. The summed E-state index contributed by atoms with van der Waals surface area (Å²) in [6.07, 6.45) is 2.61. The molecule has 1 fully saturated rings. The van der Waals surface area contributed by atoms with Crippen LogP contribution in [-0.4, -0.2) is 25.5 Å². The van der Waals surface area contributed by atoms with Gasteiger partial charge >= 0.3 is 0 Å². The predicted molar refractivity (Wildman–Crippen MR) is 95.9 cm³/mol. The van der Waals surface area contributed by atoms with Crippen molar-refractivity contribution < 1.29 is 14.3 Å². The van der Waals surface area contributed by atoms with Gasteiger partial charge in [0.2, 0.25) is 11.8 Å². The summed E-state index contributed by atoms with van der Waals surface area (Å²) in [4.78, 5) is 26.9. The van der Waals surface area contributed by atoms with Crippen molar-refractivity contribution in [3.05, 3.63) is 40.6 Å². The molecule has 5 nitrogen and oxygen atoms in total. The van der Waals surface area contributed by atoms with E-state index in [1.807, 2.05) is 29.6 Å². The number of carbonyl (C=O) groups is 2. The lowest BCUT2D eigenvalue weighted by Gasteiger charge is -2.19. The van der Waals surface area contributed by atoms with E-state index in [0.29, 0.717) is 30.8 Å². The molecule has 2 aromatic rings. The highest BCUT2D eigenvalue weighted by molar-refractivity contribution is 7.09. The van der Waals surface area contributed by atoms with Crippen molar-refractivity contribution in [2.75, 3.05) is 23.9 Å². The van der Waals surface area contributed by atoms with Crippen molar-refractivity contribution in [1.29, 1.82) is 0 Å². The quantitative estimate of drug-likeness (QED) is 0.873. The van der Waals surface area contributed by atoms with Crippen molar-refractivity contribution in [1.82, 2.24) is 0 Å². The molecule has 1 aliphatic rings. The Kier molecular flexibility index (Phi) is 5.15. The first-order chi connectivity index (χ1) is 11.7. The number of hydrogen-bond acceptors (Lipinski definition) is 4. The molecule has 3 rings (SSSR count). The molecule has 1 aliphatic heterocycles. The molecule has 1 aromatic carbocycles. The second-order valence-electron chi connectivity index (χ2n) is 5.66. The van der Waals surface area contributed by atoms with Crippen LogP contribution in [0.4, 0.5) is 11.4 Å². The number of rotatable bonds is 6. The minimum atomic E-state index is -0.0320. The molecule has 0 saturated carbocycles. The van der Waals surface area contributed by atoms with E-state index in [0.717, 1.165) is 18.5 Å². The van der Waals surface area contributed by atoms with E-state index < -0.39 is 0 Å². The van der Waals surface area contributed by atoms with E-state index in [-0.39, 0.29) is 11.8 Å². The van der Waals surface area contributed by atoms with Crippen LogP contribution in [0.1, 0.15) is 24.1 Å². The van der Waals surface area contributed by atoms with Crippen LogP contribution in [-0.2, 0) is 16.0 Å². The first-order valence-corrected chi connectivity index (χ1v) is 8.86. The van der Waals surface area contributed by atoms with E-state index in [9.17, 15) is 9.59 Å². The van der Waals surface area contributed by atoms with Crippen molar-refractivity contribution in [3.8, 4) is 5.75 Å². The third-order valence-electron chi connectivity index (χ3n) is 4.01. The first-order valence-electron chi connectivity index (χ1n) is 7.98. The number of amides is 2. The zero-order chi connectivity index (χ0) is 16.9. The lowest BCUT2D eigenvalue weighted by molar-refractivity contribution is -0.117. The van der Waals surface area contributed by atoms with Crippen LogP contribution in [0.3, 0.4) is 0 Å². The largest absolute Gasteiger partial charge is 0.494 e. The van der Waals surface area contributed by atoms with Crippen molar-refractivity contribution in [3.63, 3.8) is 0 Å². The molecule has 24 heavy (non-hydrogen) atoms. The lowest BCUT2D eigenvalue weighted by Crippen LogP contribution is -2.24. The Balaban J connectivity index is 1.65. The number of ether oxygens (including phenoxy) is 1. The highest BCUT2D eigenvalue weighted by Gasteiger charge is 2.24. The summed E-state index contributed by atoms with van der Waals surface area (Å²) in [5.41, 5.74) is 1.44. The molecule has 2 heterocycles. The number of aryl methyl sites for hydroxylation is 1. The summed E-state index contributed by atoms with van der Waals surface area (Å²) in [5.74, 6) is 0.679. The summed E-state index contributed by atoms with van der Waals surface area (Å²) in [5, 5.41) is 4.90. The fraction of sp³-hybridized carbons (Fsp3) is 0.333. The predicted octanol–water partition coefficient (Wildman–Crippen LogP) is 3.45. The summed E-state index contributed by atoms with van der Waals surface area (Å²) >= 11 is 1.66. The fourth-order valence-corrected chi connectivity index (χ4v) is 3.51. The van der Waals surface area contributed by atoms with Gasteiger partial charge in [0.15, 0.2) is 0 Å². The number of carbonyl (C=O) groups excluding carboxylic acids is 2. The van der Waals surface area contributed by atoms with E-state index in [1.165, 1.54) is 4.88 Å². The number of methoxy groups -OCH3 is 1. The Morgan fingerprint density at radius 3 is 2.92 bits per heavy atom. The summed E-state index contributed by atoms with van der Waals surface area (Å²) in [6, 6.07) is 9.43. The van der Waals surface area contributed by atoms with Gasteiger partial charge in [0.1, 0.15) is 5.75 Å². The molecule has 0 aliphatic carbocycles. The van der Waals surface area contributed by atoms with Crippen LogP contribution in [0.15, 0.2) is 35.7 Å². The monoisotopic (exact) mass is 344 g/mol. The van der Waals surface area contributed by atoms with E-state index in [1.54, 1.807) is 29.4 Å². The summed E-state index contributed by atoms with van der Waals surface area (Å²) < 4.78 is 5.40. The minimum absolute atomic E-state index is 0.0320. The van der Waals surface area contributed by atoms with Gasteiger partial charge in [-0.25, -0.2) is 0 Å². The third kappa shape index (κ3) is 3.76. The van der Waals surface area contributed by atoms with Gasteiger partial charge in [0.25, 0.3) is 0 Å². The zero-order valence-electron chi connectivity index (χ0n) is 13.6. The van der Waals surface area contributed by atoms with Gasteiger partial charge in [-0.3, -0.25) is 9.59 Å². The maximum absolute atomic E-state index is 12.1. The Morgan fingerprint density at radius 2 is 2.25 bits per heavy atom. The molecular weight excluding hydrogens is 324 g/mol. The Bertz CT molecular complexity index is 728. The van der Waals surface area contributed by atoms with E-state index >= 15 is 0 Å². The maximum Gasteiger partial charge on any atom is 0.227 e. The van der Waals surface area contributed by atoms with Crippen LogP contribution in [0.25, 0.3) is 0 Å². The third-order valence-corrected chi connectivity index (χ3v) is 4.94.